The number of hydrogen-bond donors (Lipinski definition) is 0. The summed E-state index contributed by atoms with van der Waals surface area (Å²) >= 11 is 2.36. The van der Waals surface area contributed by atoms with Gasteiger partial charge in [0, 0.05) is 16.3 Å². The molecule has 0 aromatic rings. The Morgan fingerprint density at radius 2 is 1.31 bits per heavy atom. The van der Waals surface area contributed by atoms with E-state index in [0.717, 1.165) is 17.6 Å². The van der Waals surface area contributed by atoms with Crippen LogP contribution in [0.15, 0.2) is 0 Å². The first-order valence-electron chi connectivity index (χ1n) is 10.5. The third-order valence-electron chi connectivity index (χ3n) is 4.02. The van der Waals surface area contributed by atoms with Gasteiger partial charge in [-0.15, -0.1) is 0 Å². The molecule has 2 aliphatic rings. The van der Waals surface area contributed by atoms with E-state index >= 15 is 0 Å². The van der Waals surface area contributed by atoms with E-state index in [1.807, 2.05) is 41.5 Å². The van der Waals surface area contributed by atoms with Crippen LogP contribution in [0, 0.1) is 11.8 Å². The predicted molar refractivity (Wildman–Crippen MR) is 121 cm³/mol. The minimum atomic E-state index is -2.99. The number of halogens is 2. The Kier molecular flexibility index (Phi) is 14.0. The van der Waals surface area contributed by atoms with Gasteiger partial charge >= 0.3 is 7.60 Å². The number of hydrogen-bond acceptors (Lipinski definition) is 7. The summed E-state index contributed by atoms with van der Waals surface area (Å²) in [6, 6.07) is 0. The molecule has 2 aliphatic heterocycles. The fourth-order valence-electron chi connectivity index (χ4n) is 2.50. The fourth-order valence-corrected chi connectivity index (χ4v) is 4.92. The molecule has 0 N–H and O–H groups in total. The van der Waals surface area contributed by atoms with E-state index in [1.165, 1.54) is 0 Å². The standard InChI is InChI=1S/C11H23O5P.C7H13IO2.CH3F/c1-5-15-17(12,16-6-2)9-10-7-13-11(3,4)14-8-10;1-7(2)9-4-6(3-8)5-10-7;1-2/h10H,5-9H2,1-4H3;6H,3-5H2,1-2H3;1H3/i;;1D. The Hall–Kier alpha value is 0.650. The van der Waals surface area contributed by atoms with Crippen molar-refractivity contribution in [2.45, 2.75) is 53.1 Å². The predicted octanol–water partition coefficient (Wildman–Crippen LogP) is 5.06. The molecule has 0 bridgehead atoms. The van der Waals surface area contributed by atoms with Crippen LogP contribution in [0.3, 0.4) is 0 Å². The Labute approximate surface area is 190 Å². The lowest BCUT2D eigenvalue weighted by Gasteiger charge is -2.35. The zero-order valence-corrected chi connectivity index (χ0v) is 21.6. The summed E-state index contributed by atoms with van der Waals surface area (Å²) in [5, 5.41) is 0. The second-order valence-electron chi connectivity index (χ2n) is 7.56. The zero-order chi connectivity index (χ0) is 23.3. The van der Waals surface area contributed by atoms with Crippen LogP contribution in [0.1, 0.15) is 42.9 Å². The quantitative estimate of drug-likeness (QED) is 0.246. The number of rotatable bonds is 7. The Balaban J connectivity index is 0.000000546. The van der Waals surface area contributed by atoms with Crippen LogP contribution < -0.4 is 0 Å². The van der Waals surface area contributed by atoms with Gasteiger partial charge in [-0.05, 0) is 41.5 Å². The highest BCUT2D eigenvalue weighted by Crippen LogP contribution is 2.50. The van der Waals surface area contributed by atoms with E-state index in [1.54, 1.807) is 0 Å². The van der Waals surface area contributed by atoms with Crippen molar-refractivity contribution in [3.63, 3.8) is 0 Å². The second-order valence-corrected chi connectivity index (χ2v) is 10.5. The Morgan fingerprint density at radius 1 is 0.966 bits per heavy atom. The van der Waals surface area contributed by atoms with Crippen LogP contribution in [-0.2, 0) is 32.6 Å². The Morgan fingerprint density at radius 3 is 1.62 bits per heavy atom. The average Bonchev–Trinajstić information content (AvgIpc) is 2.65. The van der Waals surface area contributed by atoms with Crippen LogP contribution in [0.4, 0.5) is 4.39 Å². The molecule has 2 saturated heterocycles. The van der Waals surface area contributed by atoms with E-state index in [-0.39, 0.29) is 11.7 Å². The van der Waals surface area contributed by atoms with Crippen LogP contribution in [-0.4, -0.2) is 69.0 Å². The highest BCUT2D eigenvalue weighted by Gasteiger charge is 2.34. The zero-order valence-electron chi connectivity index (χ0n) is 19.6. The van der Waals surface area contributed by atoms with Crippen molar-refractivity contribution in [1.82, 2.24) is 0 Å². The molecule has 0 amide bonds. The van der Waals surface area contributed by atoms with Gasteiger partial charge in [0.05, 0.1) is 54.3 Å². The third-order valence-corrected chi connectivity index (χ3v) is 7.53. The first-order chi connectivity index (χ1) is 14.0. The summed E-state index contributed by atoms with van der Waals surface area (Å²) in [4.78, 5) is 0. The highest BCUT2D eigenvalue weighted by atomic mass is 127. The maximum absolute atomic E-state index is 12.3. The van der Waals surface area contributed by atoms with Gasteiger partial charge in [-0.2, -0.15) is 0 Å². The van der Waals surface area contributed by atoms with Crippen LogP contribution in [0.25, 0.3) is 0 Å². The lowest BCUT2D eigenvalue weighted by atomic mass is 10.2. The maximum atomic E-state index is 12.3. The monoisotopic (exact) mass is 557 g/mol. The molecule has 2 fully saturated rings. The van der Waals surface area contributed by atoms with Crippen molar-refractivity contribution in [2.75, 3.05) is 57.4 Å². The van der Waals surface area contributed by atoms with E-state index in [4.69, 9.17) is 29.4 Å². The molecule has 2 rings (SSSR count). The summed E-state index contributed by atoms with van der Waals surface area (Å²) < 4.78 is 61.3. The van der Waals surface area contributed by atoms with Gasteiger partial charge in [0.15, 0.2) is 11.6 Å². The molecule has 176 valence electrons. The van der Waals surface area contributed by atoms with Crippen molar-refractivity contribution in [2.24, 2.45) is 11.8 Å². The smallest absolute Gasteiger partial charge is 0.331 e. The number of alkyl halides is 2. The molecule has 0 aromatic heterocycles. The van der Waals surface area contributed by atoms with E-state index in [2.05, 4.69) is 22.6 Å². The normalized spacial score (nSPS) is 22.6. The van der Waals surface area contributed by atoms with Crippen LogP contribution in [0.5, 0.6) is 0 Å². The van der Waals surface area contributed by atoms with Gasteiger partial charge in [0.1, 0.15) is 0 Å². The molecule has 0 aliphatic carbocycles. The summed E-state index contributed by atoms with van der Waals surface area (Å²) in [6.07, 6.45) is 0.352. The van der Waals surface area contributed by atoms with E-state index in [9.17, 15) is 8.96 Å². The second kappa shape index (κ2) is 14.7. The molecule has 0 spiro atoms. The average molecular weight is 557 g/mol. The summed E-state index contributed by atoms with van der Waals surface area (Å²) in [6.45, 7) is 14.8. The highest BCUT2D eigenvalue weighted by molar-refractivity contribution is 14.1. The molecule has 0 aromatic carbocycles. The van der Waals surface area contributed by atoms with Gasteiger partial charge in [0.2, 0.25) is 0 Å². The SMILES string of the molecule is CC1(C)OCC(CI)CO1.CCOP(=O)(CC1COC(C)(C)OC1)OCC.[2H]CF. The summed E-state index contributed by atoms with van der Waals surface area (Å²) in [5.41, 5.74) is 0. The number of ether oxygens (including phenoxy) is 4. The molecule has 2 heterocycles. The van der Waals surface area contributed by atoms with Gasteiger partial charge in [-0.3, -0.25) is 8.96 Å². The van der Waals surface area contributed by atoms with Crippen LogP contribution in [0.2, 0.25) is 0 Å². The lowest BCUT2D eigenvalue weighted by Crippen LogP contribution is -2.40. The molecule has 29 heavy (non-hydrogen) atoms. The van der Waals surface area contributed by atoms with Crippen molar-refractivity contribution < 1.29 is 38.3 Å². The van der Waals surface area contributed by atoms with E-state index < -0.39 is 20.5 Å². The largest absolute Gasteiger partial charge is 0.350 e. The van der Waals surface area contributed by atoms with Gasteiger partial charge in [0.25, 0.3) is 0 Å². The molecule has 7 nitrogen and oxygen atoms in total. The van der Waals surface area contributed by atoms with Gasteiger partial charge < -0.3 is 28.0 Å². The minimum Gasteiger partial charge on any atom is -0.350 e. The van der Waals surface area contributed by atoms with E-state index in [0.29, 0.717) is 38.5 Å². The summed E-state index contributed by atoms with van der Waals surface area (Å²) in [7, 11) is -3.99. The van der Waals surface area contributed by atoms with Crippen molar-refractivity contribution in [1.29, 1.82) is 0 Å². The third kappa shape index (κ3) is 12.9. The lowest BCUT2D eigenvalue weighted by molar-refractivity contribution is -0.259. The van der Waals surface area contributed by atoms with Gasteiger partial charge in [-0.25, -0.2) is 0 Å². The molecule has 10 heteroatoms. The van der Waals surface area contributed by atoms with Gasteiger partial charge in [-0.1, -0.05) is 22.6 Å². The van der Waals surface area contributed by atoms with Crippen molar-refractivity contribution in [3.8, 4) is 0 Å². The minimum absolute atomic E-state index is 0.0620. The first-order valence-corrected chi connectivity index (χ1v) is 13.1. The molecule has 0 unspecified atom stereocenters. The summed E-state index contributed by atoms with van der Waals surface area (Å²) in [5.74, 6) is -0.236. The Bertz CT molecular complexity index is 470. The van der Waals surface area contributed by atoms with Crippen molar-refractivity contribution in [3.05, 3.63) is 0 Å². The first kappa shape index (κ1) is 27.7. The molecule has 0 saturated carbocycles. The van der Waals surface area contributed by atoms with Crippen molar-refractivity contribution >= 4 is 30.2 Å². The maximum Gasteiger partial charge on any atom is 0.331 e. The molecular weight excluding hydrogens is 517 g/mol. The molecule has 0 radical (unpaired) electrons. The van der Waals surface area contributed by atoms with Crippen LogP contribution >= 0.6 is 30.2 Å². The topological polar surface area (TPSA) is 72.5 Å². The fraction of sp³-hybridized carbons (Fsp3) is 1.00. The molecule has 0 atom stereocenters. The molecular formula is C19H39FIO7P.